The molecule has 4 nitrogen and oxygen atoms in total. The molecule has 0 spiro atoms. The van der Waals surface area contributed by atoms with Gasteiger partial charge in [0, 0.05) is 11.5 Å². The molecule has 1 aliphatic rings. The molecule has 4 rings (SSSR count). The van der Waals surface area contributed by atoms with Gasteiger partial charge in [0.25, 0.3) is 0 Å². The van der Waals surface area contributed by atoms with Gasteiger partial charge in [0.2, 0.25) is 5.91 Å². The second kappa shape index (κ2) is 8.16. The first-order valence-corrected chi connectivity index (χ1v) is 9.54. The lowest BCUT2D eigenvalue weighted by Gasteiger charge is -2.18. The number of benzene rings is 2. The van der Waals surface area contributed by atoms with Crippen LogP contribution in [0.4, 0.5) is 5.69 Å². The van der Waals surface area contributed by atoms with E-state index in [1.807, 2.05) is 42.5 Å². The molecule has 2 aromatic carbocycles. The van der Waals surface area contributed by atoms with Crippen molar-refractivity contribution in [2.75, 3.05) is 11.9 Å². The van der Waals surface area contributed by atoms with Crippen LogP contribution in [0.15, 0.2) is 48.5 Å². The molecule has 1 fully saturated rings. The third-order valence-corrected chi connectivity index (χ3v) is 6.08. The molecule has 1 heterocycles. The number of thiazole rings is 1. The molecule has 1 aliphatic carbocycles. The zero-order chi connectivity index (χ0) is 17.2. The van der Waals surface area contributed by atoms with E-state index in [2.05, 4.69) is 11.4 Å². The number of para-hydroxylation sites is 2. The third kappa shape index (κ3) is 3.61. The Morgan fingerprint density at radius 3 is 2.73 bits per heavy atom. The fraction of sp³-hybridized carbons (Fsp3) is 0.300. The van der Waals surface area contributed by atoms with E-state index in [4.69, 9.17) is 10.7 Å². The maximum Gasteiger partial charge on any atom is 0.227 e. The van der Waals surface area contributed by atoms with Gasteiger partial charge in [0.1, 0.15) is 5.01 Å². The Bertz CT molecular complexity index is 878. The van der Waals surface area contributed by atoms with Crippen LogP contribution in [0.25, 0.3) is 20.8 Å². The lowest BCUT2D eigenvalue weighted by atomic mass is 9.95. The summed E-state index contributed by atoms with van der Waals surface area (Å²) in [6.07, 6.45) is 3.06. The molecule has 0 bridgehead atoms. The van der Waals surface area contributed by atoms with E-state index in [0.717, 1.165) is 45.7 Å². The number of aromatic nitrogens is 1. The van der Waals surface area contributed by atoms with E-state index < -0.39 is 0 Å². The number of nitrogens with one attached hydrogen (secondary N) is 1. The van der Waals surface area contributed by atoms with Gasteiger partial charge in [-0.3, -0.25) is 4.79 Å². The second-order valence-corrected chi connectivity index (χ2v) is 7.59. The molecule has 26 heavy (non-hydrogen) atoms. The van der Waals surface area contributed by atoms with Crippen LogP contribution >= 0.6 is 23.7 Å². The Hall–Kier alpha value is -1.95. The molecule has 6 heteroatoms. The van der Waals surface area contributed by atoms with Crippen LogP contribution in [0, 0.1) is 11.8 Å². The highest BCUT2D eigenvalue weighted by atomic mass is 35.5. The van der Waals surface area contributed by atoms with Crippen molar-refractivity contribution in [3.8, 4) is 10.6 Å². The minimum atomic E-state index is 0. The molecule has 1 amide bonds. The molecule has 0 unspecified atom stereocenters. The average Bonchev–Trinajstić information content (AvgIpc) is 3.28. The summed E-state index contributed by atoms with van der Waals surface area (Å²) in [5.41, 5.74) is 8.62. The van der Waals surface area contributed by atoms with Crippen LogP contribution in [0.5, 0.6) is 0 Å². The summed E-state index contributed by atoms with van der Waals surface area (Å²) < 4.78 is 1.15. The van der Waals surface area contributed by atoms with Crippen molar-refractivity contribution >= 4 is 45.6 Å². The first-order chi connectivity index (χ1) is 12.3. The number of hydrogen-bond donors (Lipinski definition) is 2. The van der Waals surface area contributed by atoms with Gasteiger partial charge in [0.15, 0.2) is 0 Å². The van der Waals surface area contributed by atoms with Crippen LogP contribution in [0.1, 0.15) is 19.3 Å². The quantitative estimate of drug-likeness (QED) is 0.681. The number of halogens is 1. The summed E-state index contributed by atoms with van der Waals surface area (Å²) in [4.78, 5) is 17.5. The number of carbonyl (C=O) groups excluding carboxylic acids is 1. The maximum atomic E-state index is 12.8. The Labute approximate surface area is 163 Å². The Morgan fingerprint density at radius 1 is 1.15 bits per heavy atom. The van der Waals surface area contributed by atoms with Crippen LogP contribution in [0.3, 0.4) is 0 Å². The number of nitrogens with zero attached hydrogens (tertiary/aromatic N) is 1. The van der Waals surface area contributed by atoms with Gasteiger partial charge < -0.3 is 11.1 Å². The molecule has 0 aliphatic heterocycles. The molecule has 0 radical (unpaired) electrons. The second-order valence-electron chi connectivity index (χ2n) is 6.55. The summed E-state index contributed by atoms with van der Waals surface area (Å²) in [5, 5.41) is 4.06. The lowest BCUT2D eigenvalue weighted by molar-refractivity contribution is -0.120. The largest absolute Gasteiger partial charge is 0.330 e. The fourth-order valence-corrected chi connectivity index (χ4v) is 4.66. The summed E-state index contributed by atoms with van der Waals surface area (Å²) in [5.74, 6) is 0.407. The van der Waals surface area contributed by atoms with Gasteiger partial charge >= 0.3 is 0 Å². The third-order valence-electron chi connectivity index (χ3n) is 5.01. The number of rotatable bonds is 4. The van der Waals surface area contributed by atoms with Gasteiger partial charge in [-0.2, -0.15) is 0 Å². The van der Waals surface area contributed by atoms with Crippen molar-refractivity contribution < 1.29 is 4.79 Å². The topological polar surface area (TPSA) is 68.0 Å². The van der Waals surface area contributed by atoms with Crippen molar-refractivity contribution in [3.05, 3.63) is 48.5 Å². The normalized spacial score (nSPS) is 19.3. The number of hydrogen-bond acceptors (Lipinski definition) is 4. The molecular weight excluding hydrogens is 366 g/mol. The minimum absolute atomic E-state index is 0. The number of anilines is 1. The van der Waals surface area contributed by atoms with E-state index >= 15 is 0 Å². The van der Waals surface area contributed by atoms with Gasteiger partial charge in [-0.25, -0.2) is 4.98 Å². The Morgan fingerprint density at radius 2 is 1.92 bits per heavy atom. The monoisotopic (exact) mass is 387 g/mol. The van der Waals surface area contributed by atoms with Crippen molar-refractivity contribution in [1.82, 2.24) is 4.98 Å². The number of carbonyl (C=O) groups is 1. The van der Waals surface area contributed by atoms with Crippen LogP contribution in [-0.2, 0) is 4.79 Å². The Balaban J connectivity index is 0.00000196. The summed E-state index contributed by atoms with van der Waals surface area (Å²) in [7, 11) is 0. The van der Waals surface area contributed by atoms with E-state index in [9.17, 15) is 4.79 Å². The van der Waals surface area contributed by atoms with Crippen molar-refractivity contribution in [3.63, 3.8) is 0 Å². The van der Waals surface area contributed by atoms with Crippen LogP contribution in [0.2, 0.25) is 0 Å². The molecule has 0 saturated heterocycles. The number of amides is 1. The number of nitrogens with two attached hydrogens (primary N) is 1. The molecule has 2 atom stereocenters. The van der Waals surface area contributed by atoms with Crippen LogP contribution in [-0.4, -0.2) is 17.4 Å². The Kier molecular flexibility index (Phi) is 5.91. The highest BCUT2D eigenvalue weighted by Crippen LogP contribution is 2.36. The molecule has 3 N–H and O–H groups in total. The first-order valence-electron chi connectivity index (χ1n) is 8.72. The summed E-state index contributed by atoms with van der Waals surface area (Å²) >= 11 is 1.65. The highest BCUT2D eigenvalue weighted by molar-refractivity contribution is 7.21. The van der Waals surface area contributed by atoms with E-state index in [1.165, 1.54) is 0 Å². The van der Waals surface area contributed by atoms with Crippen LogP contribution < -0.4 is 11.1 Å². The molecular formula is C20H22ClN3OS. The zero-order valence-corrected chi connectivity index (χ0v) is 16.0. The molecule has 3 aromatic rings. The highest BCUT2D eigenvalue weighted by Gasteiger charge is 2.32. The molecule has 136 valence electrons. The SMILES string of the molecule is Cl.NC[C@H]1CCC[C@H]1C(=O)Nc1ccccc1-c1nc2ccccc2s1. The van der Waals surface area contributed by atoms with E-state index in [-0.39, 0.29) is 24.2 Å². The molecule has 1 saturated carbocycles. The maximum absolute atomic E-state index is 12.8. The van der Waals surface area contributed by atoms with E-state index in [0.29, 0.717) is 12.5 Å². The predicted octanol–water partition coefficient (Wildman–Crippen LogP) is 4.70. The van der Waals surface area contributed by atoms with Gasteiger partial charge in [-0.05, 0) is 49.6 Å². The van der Waals surface area contributed by atoms with Crippen molar-refractivity contribution in [2.45, 2.75) is 19.3 Å². The average molecular weight is 388 g/mol. The fourth-order valence-electron chi connectivity index (χ4n) is 3.66. The standard InChI is InChI=1S/C20H21N3OS.ClH/c21-12-13-6-5-8-14(13)19(24)22-16-9-2-1-7-15(16)20-23-17-10-3-4-11-18(17)25-20;/h1-4,7,9-11,13-14H,5-6,8,12,21H2,(H,22,24);1H/t13-,14-;/m1./s1. The zero-order valence-electron chi connectivity index (χ0n) is 14.4. The first kappa shape index (κ1) is 18.8. The van der Waals surface area contributed by atoms with Crippen molar-refractivity contribution in [1.29, 1.82) is 0 Å². The minimum Gasteiger partial charge on any atom is -0.330 e. The number of fused-ring (bicyclic) bond motifs is 1. The molecule has 1 aromatic heterocycles. The summed E-state index contributed by atoms with van der Waals surface area (Å²) in [6.45, 7) is 0.581. The van der Waals surface area contributed by atoms with Gasteiger partial charge in [0.05, 0.1) is 15.9 Å². The lowest BCUT2D eigenvalue weighted by Crippen LogP contribution is -2.29. The summed E-state index contributed by atoms with van der Waals surface area (Å²) in [6, 6.07) is 16.0. The van der Waals surface area contributed by atoms with Gasteiger partial charge in [-0.15, -0.1) is 23.7 Å². The van der Waals surface area contributed by atoms with Crippen molar-refractivity contribution in [2.24, 2.45) is 17.6 Å². The van der Waals surface area contributed by atoms with Gasteiger partial charge in [-0.1, -0.05) is 30.7 Å². The smallest absolute Gasteiger partial charge is 0.227 e. The predicted molar refractivity (Wildman–Crippen MR) is 111 cm³/mol. The van der Waals surface area contributed by atoms with E-state index in [1.54, 1.807) is 11.3 Å².